The summed E-state index contributed by atoms with van der Waals surface area (Å²) in [5, 5.41) is 13.7. The summed E-state index contributed by atoms with van der Waals surface area (Å²) in [4.78, 5) is 0. The van der Waals surface area contributed by atoms with Crippen LogP contribution in [0.15, 0.2) is 24.4 Å². The number of aryl methyl sites for hydroxylation is 1. The zero-order chi connectivity index (χ0) is 13.3. The summed E-state index contributed by atoms with van der Waals surface area (Å²) < 4.78 is 28.5. The minimum absolute atomic E-state index is 0.160. The second kappa shape index (κ2) is 5.04. The van der Waals surface area contributed by atoms with Crippen LogP contribution in [-0.2, 0) is 6.54 Å². The van der Waals surface area contributed by atoms with Crippen LogP contribution < -0.4 is 0 Å². The first kappa shape index (κ1) is 13.0. The summed E-state index contributed by atoms with van der Waals surface area (Å²) in [6.45, 7) is 2.36. The summed E-state index contributed by atoms with van der Waals surface area (Å²) in [6.07, 6.45) is 0.214. The molecule has 1 unspecified atom stereocenters. The van der Waals surface area contributed by atoms with Crippen LogP contribution in [0.2, 0.25) is 5.02 Å². The molecule has 1 atom stereocenters. The van der Waals surface area contributed by atoms with Gasteiger partial charge < -0.3 is 5.11 Å². The van der Waals surface area contributed by atoms with E-state index >= 15 is 0 Å². The number of halogens is 3. The third kappa shape index (κ3) is 2.23. The monoisotopic (exact) mass is 272 g/mol. The highest BCUT2D eigenvalue weighted by Gasteiger charge is 2.20. The molecule has 18 heavy (non-hydrogen) atoms. The molecule has 3 nitrogen and oxygen atoms in total. The molecule has 0 radical (unpaired) electrons. The Balaban J connectivity index is 2.46. The average molecular weight is 273 g/mol. The Bertz CT molecular complexity index is 571. The largest absolute Gasteiger partial charge is 0.382 e. The van der Waals surface area contributed by atoms with Gasteiger partial charge in [-0.25, -0.2) is 8.78 Å². The van der Waals surface area contributed by atoms with Crippen LogP contribution in [0.4, 0.5) is 8.78 Å². The van der Waals surface area contributed by atoms with E-state index in [4.69, 9.17) is 11.6 Å². The van der Waals surface area contributed by atoms with Crippen molar-refractivity contribution in [3.63, 3.8) is 0 Å². The number of aromatic nitrogens is 2. The van der Waals surface area contributed by atoms with Gasteiger partial charge in [-0.05, 0) is 25.1 Å². The molecule has 0 saturated heterocycles. The minimum Gasteiger partial charge on any atom is -0.382 e. The van der Waals surface area contributed by atoms with E-state index < -0.39 is 17.7 Å². The summed E-state index contributed by atoms with van der Waals surface area (Å²) in [7, 11) is 0. The van der Waals surface area contributed by atoms with E-state index in [9.17, 15) is 13.9 Å². The van der Waals surface area contributed by atoms with Crippen LogP contribution in [0, 0.1) is 11.6 Å². The molecular formula is C12H11ClF2N2O. The predicted molar refractivity (Wildman–Crippen MR) is 63.3 cm³/mol. The molecule has 0 amide bonds. The molecule has 1 N–H and O–H groups in total. The first-order chi connectivity index (χ1) is 8.54. The minimum atomic E-state index is -1.28. The van der Waals surface area contributed by atoms with Gasteiger partial charge in [0.25, 0.3) is 0 Å². The highest BCUT2D eigenvalue weighted by Crippen LogP contribution is 2.28. The Hall–Kier alpha value is -1.46. The smallest absolute Gasteiger partial charge is 0.142 e. The predicted octanol–water partition coefficient (Wildman–Crippen LogP) is 2.92. The molecule has 6 heteroatoms. The number of benzene rings is 1. The molecule has 0 aliphatic heterocycles. The van der Waals surface area contributed by atoms with Crippen molar-refractivity contribution in [1.29, 1.82) is 0 Å². The van der Waals surface area contributed by atoms with Crippen LogP contribution >= 0.6 is 11.6 Å². The van der Waals surface area contributed by atoms with E-state index in [1.165, 1.54) is 10.9 Å². The van der Waals surface area contributed by atoms with Gasteiger partial charge in [0.15, 0.2) is 0 Å². The maximum Gasteiger partial charge on any atom is 0.142 e. The van der Waals surface area contributed by atoms with Gasteiger partial charge in [-0.1, -0.05) is 11.6 Å². The Morgan fingerprint density at radius 2 is 2.11 bits per heavy atom. The van der Waals surface area contributed by atoms with Gasteiger partial charge in [0.2, 0.25) is 0 Å². The molecule has 1 aromatic carbocycles. The Kier molecular flexibility index (Phi) is 3.63. The fourth-order valence-electron chi connectivity index (χ4n) is 1.75. The molecule has 1 aromatic heterocycles. The van der Waals surface area contributed by atoms with Crippen LogP contribution in [0.5, 0.6) is 0 Å². The number of hydrogen-bond donors (Lipinski definition) is 1. The first-order valence-corrected chi connectivity index (χ1v) is 5.76. The third-order valence-corrected chi connectivity index (χ3v) is 2.95. The molecule has 0 bridgehead atoms. The molecule has 0 spiro atoms. The highest BCUT2D eigenvalue weighted by atomic mass is 35.5. The standard InChI is InChI=1S/C12H11ClF2N2O/c1-2-17-11(3-4-16-17)12(18)7-5-10(15)8(13)6-9(7)14/h3-6,12,18H,2H2,1H3. The number of aliphatic hydroxyl groups is 1. The lowest BCUT2D eigenvalue weighted by molar-refractivity contribution is 0.202. The van der Waals surface area contributed by atoms with Crippen molar-refractivity contribution < 1.29 is 13.9 Å². The lowest BCUT2D eigenvalue weighted by atomic mass is 10.1. The molecule has 0 saturated carbocycles. The van der Waals surface area contributed by atoms with Crippen molar-refractivity contribution in [2.24, 2.45) is 0 Å². The Morgan fingerprint density at radius 1 is 1.39 bits per heavy atom. The molecular weight excluding hydrogens is 262 g/mol. The van der Waals surface area contributed by atoms with Crippen molar-refractivity contribution in [2.75, 3.05) is 0 Å². The van der Waals surface area contributed by atoms with Gasteiger partial charge in [0.05, 0.1) is 10.7 Å². The topological polar surface area (TPSA) is 38.0 Å². The average Bonchev–Trinajstić information content (AvgIpc) is 2.81. The molecule has 2 rings (SSSR count). The maximum absolute atomic E-state index is 13.7. The number of aliphatic hydroxyl groups excluding tert-OH is 1. The van der Waals surface area contributed by atoms with Crippen molar-refractivity contribution >= 4 is 11.6 Å². The van der Waals surface area contributed by atoms with E-state index in [2.05, 4.69) is 5.10 Å². The normalized spacial score (nSPS) is 12.7. The van der Waals surface area contributed by atoms with Gasteiger partial charge in [-0.2, -0.15) is 5.10 Å². The van der Waals surface area contributed by atoms with Crippen LogP contribution in [-0.4, -0.2) is 14.9 Å². The van der Waals surface area contributed by atoms with E-state index in [1.807, 2.05) is 6.92 Å². The molecule has 1 heterocycles. The van der Waals surface area contributed by atoms with E-state index in [0.717, 1.165) is 12.1 Å². The van der Waals surface area contributed by atoms with E-state index in [0.29, 0.717) is 12.2 Å². The quantitative estimate of drug-likeness (QED) is 0.873. The lowest BCUT2D eigenvalue weighted by Gasteiger charge is -2.14. The van der Waals surface area contributed by atoms with Gasteiger partial charge >= 0.3 is 0 Å². The molecule has 0 aliphatic rings. The lowest BCUT2D eigenvalue weighted by Crippen LogP contribution is -2.10. The van der Waals surface area contributed by atoms with Crippen LogP contribution in [0.3, 0.4) is 0 Å². The SMILES string of the molecule is CCn1nccc1C(O)c1cc(F)c(Cl)cc1F. The van der Waals surface area contributed by atoms with Gasteiger partial charge in [-0.3, -0.25) is 4.68 Å². The van der Waals surface area contributed by atoms with E-state index in [-0.39, 0.29) is 10.6 Å². The van der Waals surface area contributed by atoms with Gasteiger partial charge in [-0.15, -0.1) is 0 Å². The van der Waals surface area contributed by atoms with Crippen molar-refractivity contribution in [3.05, 3.63) is 52.3 Å². The van der Waals surface area contributed by atoms with Crippen LogP contribution in [0.1, 0.15) is 24.3 Å². The number of hydrogen-bond acceptors (Lipinski definition) is 2. The Labute approximate surface area is 108 Å². The fourth-order valence-corrected chi connectivity index (χ4v) is 1.90. The molecule has 0 aliphatic carbocycles. The summed E-state index contributed by atoms with van der Waals surface area (Å²) >= 11 is 5.46. The number of rotatable bonds is 3. The zero-order valence-corrected chi connectivity index (χ0v) is 10.3. The molecule has 96 valence electrons. The zero-order valence-electron chi connectivity index (χ0n) is 9.57. The summed E-state index contributed by atoms with van der Waals surface area (Å²) in [5.41, 5.74) is 0.241. The Morgan fingerprint density at radius 3 is 2.78 bits per heavy atom. The molecule has 2 aromatic rings. The number of nitrogens with zero attached hydrogens (tertiary/aromatic N) is 2. The van der Waals surface area contributed by atoms with Crippen LogP contribution in [0.25, 0.3) is 0 Å². The fraction of sp³-hybridized carbons (Fsp3) is 0.250. The van der Waals surface area contributed by atoms with Crippen molar-refractivity contribution in [1.82, 2.24) is 9.78 Å². The van der Waals surface area contributed by atoms with Gasteiger partial charge in [0, 0.05) is 18.3 Å². The van der Waals surface area contributed by atoms with Gasteiger partial charge in [0.1, 0.15) is 17.7 Å². The third-order valence-electron chi connectivity index (χ3n) is 2.66. The molecule has 0 fully saturated rings. The first-order valence-electron chi connectivity index (χ1n) is 5.38. The van der Waals surface area contributed by atoms with E-state index in [1.54, 1.807) is 6.07 Å². The van der Waals surface area contributed by atoms with Crippen molar-refractivity contribution in [3.8, 4) is 0 Å². The second-order valence-electron chi connectivity index (χ2n) is 3.76. The summed E-state index contributed by atoms with van der Waals surface area (Å²) in [6, 6.07) is 3.30. The second-order valence-corrected chi connectivity index (χ2v) is 4.17. The maximum atomic E-state index is 13.7. The van der Waals surface area contributed by atoms with Crippen molar-refractivity contribution in [2.45, 2.75) is 19.6 Å². The summed E-state index contributed by atoms with van der Waals surface area (Å²) in [5.74, 6) is -1.52. The highest BCUT2D eigenvalue weighted by molar-refractivity contribution is 6.30.